The molecule has 5 nitrogen and oxygen atoms in total. The van der Waals surface area contributed by atoms with Gasteiger partial charge in [0.25, 0.3) is 5.91 Å². The predicted octanol–water partition coefficient (Wildman–Crippen LogP) is 3.50. The first-order valence-corrected chi connectivity index (χ1v) is 7.63. The fourth-order valence-corrected chi connectivity index (χ4v) is 2.95. The Balaban J connectivity index is 2.00. The summed E-state index contributed by atoms with van der Waals surface area (Å²) in [4.78, 5) is 12.7. The van der Waals surface area contributed by atoms with Crippen molar-refractivity contribution >= 4 is 16.8 Å². The van der Waals surface area contributed by atoms with Crippen molar-refractivity contribution in [2.45, 2.75) is 26.9 Å². The van der Waals surface area contributed by atoms with Crippen LogP contribution < -0.4 is 10.1 Å². The van der Waals surface area contributed by atoms with Crippen LogP contribution in [0, 0.1) is 6.92 Å². The minimum atomic E-state index is -0.107. The zero-order chi connectivity index (χ0) is 16.4. The number of rotatable bonds is 5. The summed E-state index contributed by atoms with van der Waals surface area (Å²) in [7, 11) is 1.63. The lowest BCUT2D eigenvalue weighted by atomic mass is 10.1. The van der Waals surface area contributed by atoms with Gasteiger partial charge in [-0.2, -0.15) is 0 Å². The Bertz CT molecular complexity index is 832. The van der Waals surface area contributed by atoms with Crippen LogP contribution in [0.15, 0.2) is 41.0 Å². The highest BCUT2D eigenvalue weighted by Gasteiger charge is 2.20. The maximum Gasteiger partial charge on any atom is 0.254 e. The average Bonchev–Trinajstić information content (AvgIpc) is 3.17. The number of methoxy groups -OCH3 is 1. The molecule has 0 bridgehead atoms. The molecule has 0 aliphatic heterocycles. The zero-order valence-electron chi connectivity index (χ0n) is 13.6. The SMILES string of the molecule is CCn1c(C)c(C(=O)NCc2ccco2)c2cc(OC)ccc21. The van der Waals surface area contributed by atoms with E-state index in [0.29, 0.717) is 12.1 Å². The quantitative estimate of drug-likeness (QED) is 0.784. The van der Waals surface area contributed by atoms with Crippen molar-refractivity contribution in [3.63, 3.8) is 0 Å². The number of carbonyl (C=O) groups is 1. The van der Waals surface area contributed by atoms with E-state index in [4.69, 9.17) is 9.15 Å². The van der Waals surface area contributed by atoms with Crippen molar-refractivity contribution in [1.29, 1.82) is 0 Å². The molecule has 3 aromatic rings. The molecular formula is C18H20N2O3. The number of benzene rings is 1. The Hall–Kier alpha value is -2.69. The van der Waals surface area contributed by atoms with Gasteiger partial charge in [0.2, 0.25) is 0 Å². The standard InChI is InChI=1S/C18H20N2O3/c1-4-20-12(2)17(15-10-13(22-3)7-8-16(15)20)18(21)19-11-14-6-5-9-23-14/h5-10H,4,11H2,1-3H3,(H,19,21). The summed E-state index contributed by atoms with van der Waals surface area (Å²) in [5, 5.41) is 3.83. The van der Waals surface area contributed by atoms with Crippen LogP contribution in [0.5, 0.6) is 5.75 Å². The molecule has 0 saturated heterocycles. The maximum atomic E-state index is 12.7. The lowest BCUT2D eigenvalue weighted by molar-refractivity contribution is 0.0949. The topological polar surface area (TPSA) is 56.4 Å². The highest BCUT2D eigenvalue weighted by atomic mass is 16.5. The van der Waals surface area contributed by atoms with E-state index >= 15 is 0 Å². The maximum absolute atomic E-state index is 12.7. The van der Waals surface area contributed by atoms with Gasteiger partial charge in [0.05, 0.1) is 25.5 Å². The lowest BCUT2D eigenvalue weighted by Crippen LogP contribution is -2.23. The first kappa shape index (κ1) is 15.2. The molecule has 23 heavy (non-hydrogen) atoms. The molecule has 0 fully saturated rings. The largest absolute Gasteiger partial charge is 0.497 e. The van der Waals surface area contributed by atoms with Gasteiger partial charge in [0.1, 0.15) is 11.5 Å². The second-order valence-corrected chi connectivity index (χ2v) is 5.35. The van der Waals surface area contributed by atoms with E-state index in [2.05, 4.69) is 16.8 Å². The summed E-state index contributed by atoms with van der Waals surface area (Å²) < 4.78 is 12.7. The molecule has 1 N–H and O–H groups in total. The van der Waals surface area contributed by atoms with Crippen LogP contribution in [0.1, 0.15) is 28.7 Å². The molecule has 0 unspecified atom stereocenters. The van der Waals surface area contributed by atoms with Crippen LogP contribution in [0.4, 0.5) is 0 Å². The average molecular weight is 312 g/mol. The first-order valence-electron chi connectivity index (χ1n) is 7.63. The summed E-state index contributed by atoms with van der Waals surface area (Å²) in [6.45, 7) is 5.22. The van der Waals surface area contributed by atoms with Crippen molar-refractivity contribution in [2.75, 3.05) is 7.11 Å². The second kappa shape index (κ2) is 6.20. The number of carbonyl (C=O) groups excluding carboxylic acids is 1. The Kier molecular flexibility index (Phi) is 4.10. The van der Waals surface area contributed by atoms with Crippen molar-refractivity contribution in [2.24, 2.45) is 0 Å². The highest BCUT2D eigenvalue weighted by molar-refractivity contribution is 6.08. The molecule has 0 aliphatic rings. The normalized spacial score (nSPS) is 10.9. The van der Waals surface area contributed by atoms with Crippen LogP contribution in [-0.4, -0.2) is 17.6 Å². The molecule has 2 aromatic heterocycles. The molecule has 0 aliphatic carbocycles. The molecule has 0 saturated carbocycles. The molecule has 120 valence electrons. The lowest BCUT2D eigenvalue weighted by Gasteiger charge is -2.05. The summed E-state index contributed by atoms with van der Waals surface area (Å²) in [5.41, 5.74) is 2.67. The summed E-state index contributed by atoms with van der Waals surface area (Å²) in [6, 6.07) is 9.47. The van der Waals surface area contributed by atoms with Crippen LogP contribution in [0.3, 0.4) is 0 Å². The smallest absolute Gasteiger partial charge is 0.254 e. The number of fused-ring (bicyclic) bond motifs is 1. The molecule has 2 heterocycles. The Morgan fingerprint density at radius 3 is 2.83 bits per heavy atom. The van der Waals surface area contributed by atoms with E-state index in [1.54, 1.807) is 19.4 Å². The monoisotopic (exact) mass is 312 g/mol. The van der Waals surface area contributed by atoms with Gasteiger partial charge in [-0.25, -0.2) is 0 Å². The van der Waals surface area contributed by atoms with Gasteiger partial charge >= 0.3 is 0 Å². The van der Waals surface area contributed by atoms with E-state index in [1.807, 2.05) is 31.2 Å². The molecule has 0 radical (unpaired) electrons. The number of ether oxygens (including phenoxy) is 1. The van der Waals surface area contributed by atoms with Gasteiger partial charge < -0.3 is 19.0 Å². The molecular weight excluding hydrogens is 292 g/mol. The van der Waals surface area contributed by atoms with Crippen LogP contribution in [0.2, 0.25) is 0 Å². The Morgan fingerprint density at radius 2 is 2.17 bits per heavy atom. The number of aryl methyl sites for hydroxylation is 1. The minimum absolute atomic E-state index is 0.107. The number of hydrogen-bond acceptors (Lipinski definition) is 3. The highest BCUT2D eigenvalue weighted by Crippen LogP contribution is 2.29. The number of furan rings is 1. The van der Waals surface area contributed by atoms with Gasteiger partial charge in [0.15, 0.2) is 0 Å². The molecule has 1 amide bonds. The number of nitrogens with one attached hydrogen (secondary N) is 1. The van der Waals surface area contributed by atoms with E-state index in [9.17, 15) is 4.79 Å². The van der Waals surface area contributed by atoms with Crippen molar-refractivity contribution in [3.8, 4) is 5.75 Å². The fourth-order valence-electron chi connectivity index (χ4n) is 2.95. The fraction of sp³-hybridized carbons (Fsp3) is 0.278. The summed E-state index contributed by atoms with van der Waals surface area (Å²) in [5.74, 6) is 1.36. The second-order valence-electron chi connectivity index (χ2n) is 5.35. The Labute approximate surface area is 134 Å². The van der Waals surface area contributed by atoms with Gasteiger partial charge in [-0.15, -0.1) is 0 Å². The summed E-state index contributed by atoms with van der Waals surface area (Å²) >= 11 is 0. The van der Waals surface area contributed by atoms with Crippen molar-refractivity contribution < 1.29 is 13.9 Å². The van der Waals surface area contributed by atoms with Crippen molar-refractivity contribution in [3.05, 3.63) is 53.6 Å². The van der Waals surface area contributed by atoms with Crippen LogP contribution in [-0.2, 0) is 13.1 Å². The van der Waals surface area contributed by atoms with Gasteiger partial charge in [-0.3, -0.25) is 4.79 Å². The van der Waals surface area contributed by atoms with Crippen LogP contribution in [0.25, 0.3) is 10.9 Å². The number of nitrogens with zero attached hydrogens (tertiary/aromatic N) is 1. The minimum Gasteiger partial charge on any atom is -0.497 e. The zero-order valence-corrected chi connectivity index (χ0v) is 13.6. The third kappa shape index (κ3) is 2.70. The number of hydrogen-bond donors (Lipinski definition) is 1. The van der Waals surface area contributed by atoms with Crippen LogP contribution >= 0.6 is 0 Å². The van der Waals surface area contributed by atoms with Gasteiger partial charge in [-0.05, 0) is 44.2 Å². The molecule has 0 atom stereocenters. The molecule has 5 heteroatoms. The predicted molar refractivity (Wildman–Crippen MR) is 88.8 cm³/mol. The van der Waals surface area contributed by atoms with Crippen molar-refractivity contribution in [1.82, 2.24) is 9.88 Å². The number of aromatic nitrogens is 1. The van der Waals surface area contributed by atoms with Gasteiger partial charge in [0, 0.05) is 23.1 Å². The number of amides is 1. The van der Waals surface area contributed by atoms with Gasteiger partial charge in [-0.1, -0.05) is 0 Å². The third-order valence-electron chi connectivity index (χ3n) is 4.08. The van der Waals surface area contributed by atoms with E-state index < -0.39 is 0 Å². The van der Waals surface area contributed by atoms with E-state index in [1.165, 1.54) is 0 Å². The molecule has 0 spiro atoms. The molecule has 1 aromatic carbocycles. The third-order valence-corrected chi connectivity index (χ3v) is 4.08. The van der Waals surface area contributed by atoms with E-state index in [0.717, 1.165) is 34.7 Å². The molecule has 3 rings (SSSR count). The Morgan fingerprint density at radius 1 is 1.35 bits per heavy atom. The first-order chi connectivity index (χ1) is 11.2. The van der Waals surface area contributed by atoms with E-state index in [-0.39, 0.29) is 5.91 Å². The summed E-state index contributed by atoms with van der Waals surface area (Å²) in [6.07, 6.45) is 1.60.